The summed E-state index contributed by atoms with van der Waals surface area (Å²) in [5.41, 5.74) is -0.0941. The summed E-state index contributed by atoms with van der Waals surface area (Å²) in [6.45, 7) is 6.52. The van der Waals surface area contributed by atoms with E-state index in [0.717, 1.165) is 23.7 Å². The molecule has 1 aromatic carbocycles. The first-order valence-corrected chi connectivity index (χ1v) is 9.00. The molecule has 1 amide bonds. The fourth-order valence-electron chi connectivity index (χ4n) is 1.99. The van der Waals surface area contributed by atoms with E-state index in [1.54, 1.807) is 12.1 Å². The van der Waals surface area contributed by atoms with Crippen LogP contribution in [0.5, 0.6) is 5.75 Å². The molecule has 0 radical (unpaired) electrons. The highest BCUT2D eigenvalue weighted by atomic mass is 79.9. The number of amides is 1. The minimum Gasteiger partial charge on any atom is -0.493 e. The van der Waals surface area contributed by atoms with Crippen molar-refractivity contribution < 1.29 is 23.8 Å². The summed E-state index contributed by atoms with van der Waals surface area (Å²) in [6.07, 6.45) is 2.13. The molecule has 0 bridgehead atoms. The average molecular weight is 416 g/mol. The summed E-state index contributed by atoms with van der Waals surface area (Å²) in [6, 6.07) is 5.22. The number of carbonyl (C=O) groups excluding carboxylic acids is 2. The lowest BCUT2D eigenvalue weighted by Crippen LogP contribution is -2.33. The first kappa shape index (κ1) is 21.3. The lowest BCUT2D eigenvalue weighted by molar-refractivity contribution is 0.0525. The highest BCUT2D eigenvalue weighted by Gasteiger charge is 2.15. The van der Waals surface area contributed by atoms with Gasteiger partial charge in [0.05, 0.1) is 13.7 Å². The van der Waals surface area contributed by atoms with Gasteiger partial charge in [-0.2, -0.15) is 0 Å². The number of hydrogen-bond acceptors (Lipinski definition) is 5. The van der Waals surface area contributed by atoms with E-state index in [2.05, 4.69) is 21.2 Å². The predicted molar refractivity (Wildman–Crippen MR) is 99.1 cm³/mol. The van der Waals surface area contributed by atoms with Crippen LogP contribution in [0.25, 0.3) is 0 Å². The van der Waals surface area contributed by atoms with E-state index in [1.807, 2.05) is 26.8 Å². The molecule has 0 spiro atoms. The number of alkyl carbamates (subject to hydrolysis) is 1. The molecule has 25 heavy (non-hydrogen) atoms. The molecule has 0 aliphatic heterocycles. The lowest BCUT2D eigenvalue weighted by Gasteiger charge is -2.19. The fraction of sp³-hybridized carbons (Fsp3) is 0.556. The van der Waals surface area contributed by atoms with E-state index in [4.69, 9.17) is 14.2 Å². The summed E-state index contributed by atoms with van der Waals surface area (Å²) in [7, 11) is 1.34. The van der Waals surface area contributed by atoms with Crippen LogP contribution in [0.4, 0.5) is 4.79 Å². The summed E-state index contributed by atoms with van der Waals surface area (Å²) in [4.78, 5) is 23.2. The van der Waals surface area contributed by atoms with E-state index >= 15 is 0 Å². The number of unbranched alkanes of at least 4 members (excludes halogenated alkanes) is 2. The number of benzene rings is 1. The van der Waals surface area contributed by atoms with Gasteiger partial charge in [-0.25, -0.2) is 9.59 Å². The molecule has 1 N–H and O–H groups in total. The number of rotatable bonds is 8. The monoisotopic (exact) mass is 415 g/mol. The van der Waals surface area contributed by atoms with E-state index in [-0.39, 0.29) is 0 Å². The van der Waals surface area contributed by atoms with E-state index in [9.17, 15) is 9.59 Å². The minimum absolute atomic E-state index is 0.392. The maximum absolute atomic E-state index is 11.7. The van der Waals surface area contributed by atoms with E-state index < -0.39 is 17.7 Å². The van der Waals surface area contributed by atoms with Crippen molar-refractivity contribution in [1.82, 2.24) is 5.32 Å². The SMILES string of the molecule is COC(=O)c1cc(Br)ccc1OCCCCCNC(=O)OC(C)(C)C. The van der Waals surface area contributed by atoms with Gasteiger partial charge >= 0.3 is 12.1 Å². The fourth-order valence-corrected chi connectivity index (χ4v) is 2.35. The second-order valence-electron chi connectivity index (χ2n) is 6.47. The topological polar surface area (TPSA) is 73.9 Å². The Bertz CT molecular complexity index is 583. The van der Waals surface area contributed by atoms with Gasteiger partial charge in [-0.15, -0.1) is 0 Å². The Morgan fingerprint density at radius 1 is 1.16 bits per heavy atom. The van der Waals surface area contributed by atoms with Crippen LogP contribution in [0, 0.1) is 0 Å². The first-order chi connectivity index (χ1) is 11.7. The summed E-state index contributed by atoms with van der Waals surface area (Å²) in [5, 5.41) is 2.72. The van der Waals surface area contributed by atoms with E-state index in [0.29, 0.717) is 24.5 Å². The molecule has 0 aliphatic rings. The van der Waals surface area contributed by atoms with Crippen LogP contribution < -0.4 is 10.1 Å². The van der Waals surface area contributed by atoms with Crippen LogP contribution >= 0.6 is 15.9 Å². The molecule has 0 aliphatic carbocycles. The molecule has 0 heterocycles. The maximum Gasteiger partial charge on any atom is 0.407 e. The Kier molecular flexibility index (Phi) is 8.75. The van der Waals surface area contributed by atoms with Gasteiger partial charge in [0.2, 0.25) is 0 Å². The van der Waals surface area contributed by atoms with Crippen molar-refractivity contribution >= 4 is 28.0 Å². The second kappa shape index (κ2) is 10.3. The predicted octanol–water partition coefficient (Wildman–Crippen LogP) is 4.31. The highest BCUT2D eigenvalue weighted by Crippen LogP contribution is 2.24. The van der Waals surface area contributed by atoms with Crippen LogP contribution in [0.2, 0.25) is 0 Å². The average Bonchev–Trinajstić information content (AvgIpc) is 2.52. The van der Waals surface area contributed by atoms with Gasteiger partial charge in [0.1, 0.15) is 16.9 Å². The number of hydrogen-bond donors (Lipinski definition) is 1. The third-order valence-corrected chi connectivity index (χ3v) is 3.59. The Labute approximate surface area is 157 Å². The molecule has 0 atom stereocenters. The third kappa shape index (κ3) is 8.77. The zero-order valence-corrected chi connectivity index (χ0v) is 16.8. The lowest BCUT2D eigenvalue weighted by atomic mass is 10.2. The largest absolute Gasteiger partial charge is 0.493 e. The van der Waals surface area contributed by atoms with Crippen LogP contribution in [0.1, 0.15) is 50.4 Å². The molecule has 1 aromatic rings. The minimum atomic E-state index is -0.486. The molecular formula is C18H26BrNO5. The summed E-state index contributed by atoms with van der Waals surface area (Å²) in [5.74, 6) is 0.0693. The van der Waals surface area contributed by atoms with Crippen LogP contribution in [-0.2, 0) is 9.47 Å². The third-order valence-electron chi connectivity index (χ3n) is 3.09. The molecule has 0 fully saturated rings. The normalized spacial score (nSPS) is 10.9. The van der Waals surface area contributed by atoms with Crippen LogP contribution in [0.3, 0.4) is 0 Å². The maximum atomic E-state index is 11.7. The van der Waals surface area contributed by atoms with Crippen molar-refractivity contribution in [2.75, 3.05) is 20.3 Å². The van der Waals surface area contributed by atoms with Crippen LogP contribution in [0.15, 0.2) is 22.7 Å². The van der Waals surface area contributed by atoms with Crippen molar-refractivity contribution in [2.24, 2.45) is 0 Å². The standard InChI is InChI=1S/C18H26BrNO5/c1-18(2,3)25-17(22)20-10-6-5-7-11-24-15-9-8-13(19)12-14(15)16(21)23-4/h8-9,12H,5-7,10-11H2,1-4H3,(H,20,22). The van der Waals surface area contributed by atoms with Crippen molar-refractivity contribution in [3.63, 3.8) is 0 Å². The van der Waals surface area contributed by atoms with Crippen molar-refractivity contribution in [2.45, 2.75) is 45.6 Å². The second-order valence-corrected chi connectivity index (χ2v) is 7.39. The van der Waals surface area contributed by atoms with Gasteiger partial charge in [-0.05, 0) is 58.2 Å². The van der Waals surface area contributed by atoms with Gasteiger partial charge < -0.3 is 19.5 Å². The zero-order chi connectivity index (χ0) is 18.9. The van der Waals surface area contributed by atoms with Gasteiger partial charge in [-0.1, -0.05) is 15.9 Å². The number of esters is 1. The first-order valence-electron chi connectivity index (χ1n) is 8.20. The van der Waals surface area contributed by atoms with Crippen molar-refractivity contribution in [3.05, 3.63) is 28.2 Å². The Morgan fingerprint density at radius 3 is 2.52 bits per heavy atom. The number of methoxy groups -OCH3 is 1. The number of ether oxygens (including phenoxy) is 3. The number of halogens is 1. The Morgan fingerprint density at radius 2 is 1.88 bits per heavy atom. The van der Waals surface area contributed by atoms with Gasteiger partial charge in [0.15, 0.2) is 0 Å². The Hall–Kier alpha value is -1.76. The van der Waals surface area contributed by atoms with Crippen molar-refractivity contribution in [3.8, 4) is 5.75 Å². The quantitative estimate of drug-likeness (QED) is 0.505. The van der Waals surface area contributed by atoms with Gasteiger partial charge in [-0.3, -0.25) is 0 Å². The van der Waals surface area contributed by atoms with Gasteiger partial charge in [0, 0.05) is 11.0 Å². The van der Waals surface area contributed by atoms with Crippen molar-refractivity contribution in [1.29, 1.82) is 0 Å². The highest BCUT2D eigenvalue weighted by molar-refractivity contribution is 9.10. The smallest absolute Gasteiger partial charge is 0.407 e. The zero-order valence-electron chi connectivity index (χ0n) is 15.2. The molecule has 140 valence electrons. The van der Waals surface area contributed by atoms with Gasteiger partial charge in [0.25, 0.3) is 0 Å². The van der Waals surface area contributed by atoms with E-state index in [1.165, 1.54) is 7.11 Å². The Balaban J connectivity index is 2.26. The molecule has 0 aromatic heterocycles. The van der Waals surface area contributed by atoms with Crippen LogP contribution in [-0.4, -0.2) is 37.9 Å². The molecule has 6 nitrogen and oxygen atoms in total. The molecular weight excluding hydrogens is 390 g/mol. The molecule has 1 rings (SSSR count). The molecule has 0 unspecified atom stereocenters. The number of nitrogens with one attached hydrogen (secondary N) is 1. The summed E-state index contributed by atoms with van der Waals surface area (Å²) < 4.78 is 16.4. The molecule has 0 saturated carbocycles. The number of carbonyl (C=O) groups is 2. The molecule has 0 saturated heterocycles. The molecule has 7 heteroatoms. The summed E-state index contributed by atoms with van der Waals surface area (Å²) >= 11 is 3.33.